The van der Waals surface area contributed by atoms with Crippen LogP contribution in [0.3, 0.4) is 0 Å². The van der Waals surface area contributed by atoms with Crippen LogP contribution in [0.1, 0.15) is 23.7 Å². The van der Waals surface area contributed by atoms with Gasteiger partial charge in [-0.25, -0.2) is 4.98 Å². The van der Waals surface area contributed by atoms with Crippen molar-refractivity contribution in [2.75, 3.05) is 26.4 Å². The van der Waals surface area contributed by atoms with Crippen molar-refractivity contribution in [1.82, 2.24) is 15.3 Å². The Morgan fingerprint density at radius 2 is 2.03 bits per heavy atom. The second kappa shape index (κ2) is 11.0. The highest BCUT2D eigenvalue weighted by molar-refractivity contribution is 7.17. The summed E-state index contributed by atoms with van der Waals surface area (Å²) in [5, 5.41) is 15.1. The van der Waals surface area contributed by atoms with Gasteiger partial charge in [0.25, 0.3) is 5.91 Å². The Morgan fingerprint density at radius 1 is 1.17 bits per heavy atom. The quantitative estimate of drug-likeness (QED) is 0.290. The molecule has 2 aromatic carbocycles. The predicted octanol–water partition coefficient (Wildman–Crippen LogP) is 3.83. The molecule has 4 aromatic rings. The lowest BCUT2D eigenvalue weighted by atomic mass is 9.92. The molecule has 1 aliphatic heterocycles. The molecule has 0 spiro atoms. The molecule has 182 valence electrons. The van der Waals surface area contributed by atoms with Crippen molar-refractivity contribution in [3.63, 3.8) is 0 Å². The molecule has 0 fully saturated rings. The van der Waals surface area contributed by atoms with Gasteiger partial charge in [0.05, 0.1) is 44.0 Å². The lowest BCUT2D eigenvalue weighted by molar-refractivity contribution is -0.151. The van der Waals surface area contributed by atoms with Crippen molar-refractivity contribution in [2.24, 2.45) is 0 Å². The molecule has 1 aliphatic rings. The molecule has 2 atom stereocenters. The first-order chi connectivity index (χ1) is 17.2. The number of aliphatic hydroxyl groups is 1. The van der Waals surface area contributed by atoms with E-state index in [4.69, 9.17) is 19.3 Å². The number of para-hydroxylation sites is 2. The zero-order valence-corrected chi connectivity index (χ0v) is 19.9. The first kappa shape index (κ1) is 23.5. The van der Waals surface area contributed by atoms with E-state index >= 15 is 0 Å². The molecule has 8 nitrogen and oxygen atoms in total. The molecule has 0 radical (unpaired) electrons. The molecular weight excluding hydrogens is 466 g/mol. The Labute approximate surface area is 206 Å². The van der Waals surface area contributed by atoms with Gasteiger partial charge in [0.1, 0.15) is 5.82 Å². The van der Waals surface area contributed by atoms with Crippen LogP contribution in [-0.4, -0.2) is 53.7 Å². The van der Waals surface area contributed by atoms with E-state index < -0.39 is 6.29 Å². The van der Waals surface area contributed by atoms with Crippen LogP contribution < -0.4 is 5.32 Å². The number of benzene rings is 2. The number of carbonyl (C=O) groups is 1. The lowest BCUT2D eigenvalue weighted by Crippen LogP contribution is -2.33. The van der Waals surface area contributed by atoms with Crippen molar-refractivity contribution in [3.8, 4) is 0 Å². The second-order valence-corrected chi connectivity index (χ2v) is 9.11. The zero-order chi connectivity index (χ0) is 24.0. The van der Waals surface area contributed by atoms with Gasteiger partial charge in [-0.15, -0.1) is 11.3 Å². The van der Waals surface area contributed by atoms with E-state index in [1.807, 2.05) is 42.5 Å². The van der Waals surface area contributed by atoms with Gasteiger partial charge in [0.15, 0.2) is 5.76 Å². The summed E-state index contributed by atoms with van der Waals surface area (Å²) in [5.41, 5.74) is 2.93. The second-order valence-electron chi connectivity index (χ2n) is 8.20. The SMILES string of the molecule is O=C(NCc1nc2ccccc2[nH]1)C1=C[C@H](c2csc3ccccc23)C[C@H](OCCOCCO)O1. The summed E-state index contributed by atoms with van der Waals surface area (Å²) in [7, 11) is 0. The average Bonchev–Trinajstić information content (AvgIpc) is 3.51. The Hall–Kier alpha value is -3.24. The van der Waals surface area contributed by atoms with Crippen molar-refractivity contribution in [2.45, 2.75) is 25.2 Å². The molecule has 0 bridgehead atoms. The number of thiophene rings is 1. The van der Waals surface area contributed by atoms with Gasteiger partial charge in [0.2, 0.25) is 6.29 Å². The van der Waals surface area contributed by atoms with E-state index in [1.165, 1.54) is 10.1 Å². The number of ether oxygens (including phenoxy) is 3. The fraction of sp³-hybridized carbons (Fsp3) is 0.308. The van der Waals surface area contributed by atoms with E-state index in [0.29, 0.717) is 25.5 Å². The van der Waals surface area contributed by atoms with Crippen LogP contribution in [-0.2, 0) is 25.5 Å². The summed E-state index contributed by atoms with van der Waals surface area (Å²) in [6, 6.07) is 16.0. The molecule has 3 heterocycles. The van der Waals surface area contributed by atoms with Gasteiger partial charge >= 0.3 is 0 Å². The molecule has 2 aromatic heterocycles. The third-order valence-electron chi connectivity index (χ3n) is 5.81. The van der Waals surface area contributed by atoms with Gasteiger partial charge in [-0.2, -0.15) is 0 Å². The maximum absolute atomic E-state index is 13.1. The van der Waals surface area contributed by atoms with E-state index in [-0.39, 0.29) is 37.3 Å². The highest BCUT2D eigenvalue weighted by Gasteiger charge is 2.30. The van der Waals surface area contributed by atoms with Crippen LogP contribution in [0.4, 0.5) is 0 Å². The fourth-order valence-corrected chi connectivity index (χ4v) is 5.19. The number of nitrogens with zero attached hydrogens (tertiary/aromatic N) is 1. The summed E-state index contributed by atoms with van der Waals surface area (Å²) in [4.78, 5) is 20.8. The number of allylic oxidation sites excluding steroid dienone is 1. The van der Waals surface area contributed by atoms with Crippen molar-refractivity contribution in [3.05, 3.63) is 77.1 Å². The van der Waals surface area contributed by atoms with E-state index in [0.717, 1.165) is 16.6 Å². The average molecular weight is 494 g/mol. The Kier molecular flexibility index (Phi) is 7.39. The van der Waals surface area contributed by atoms with Crippen LogP contribution in [0.25, 0.3) is 21.1 Å². The molecule has 0 saturated carbocycles. The maximum atomic E-state index is 13.1. The van der Waals surface area contributed by atoms with Crippen molar-refractivity contribution >= 4 is 38.4 Å². The summed E-state index contributed by atoms with van der Waals surface area (Å²) < 4.78 is 18.3. The standard InChI is InChI=1S/C26H27N3O5S/c30-9-10-32-11-12-33-25-14-17(19-16-35-23-8-4-1-5-18(19)23)13-22(34-25)26(31)27-15-24-28-20-6-2-3-7-21(20)29-24/h1-8,13,16-17,25,30H,9-12,14-15H2,(H,27,31)(H,28,29)/t17-,25+/m0/s1. The Balaban J connectivity index is 1.31. The molecular formula is C26H27N3O5S. The first-order valence-corrected chi connectivity index (χ1v) is 12.5. The number of aromatic nitrogens is 2. The van der Waals surface area contributed by atoms with Gasteiger partial charge in [-0.1, -0.05) is 30.3 Å². The Bertz CT molecular complexity index is 1300. The first-order valence-electron chi connectivity index (χ1n) is 11.6. The van der Waals surface area contributed by atoms with Crippen LogP contribution in [0, 0.1) is 0 Å². The third-order valence-corrected chi connectivity index (χ3v) is 6.80. The number of rotatable bonds is 10. The normalized spacial score (nSPS) is 17.9. The highest BCUT2D eigenvalue weighted by Crippen LogP contribution is 2.38. The largest absolute Gasteiger partial charge is 0.459 e. The van der Waals surface area contributed by atoms with E-state index in [2.05, 4.69) is 32.8 Å². The number of amides is 1. The number of hydrogen-bond donors (Lipinski definition) is 3. The smallest absolute Gasteiger partial charge is 0.286 e. The number of nitrogens with one attached hydrogen (secondary N) is 2. The Morgan fingerprint density at radius 3 is 2.91 bits per heavy atom. The summed E-state index contributed by atoms with van der Waals surface area (Å²) in [5.74, 6) is 0.550. The summed E-state index contributed by atoms with van der Waals surface area (Å²) in [6.07, 6.45) is 1.87. The number of aromatic amines is 1. The minimum absolute atomic E-state index is 0.0322. The van der Waals surface area contributed by atoms with Crippen molar-refractivity contribution < 1.29 is 24.1 Å². The van der Waals surface area contributed by atoms with Gasteiger partial charge < -0.3 is 29.6 Å². The molecule has 3 N–H and O–H groups in total. The van der Waals surface area contributed by atoms with Crippen molar-refractivity contribution in [1.29, 1.82) is 0 Å². The lowest BCUT2D eigenvalue weighted by Gasteiger charge is -2.29. The summed E-state index contributed by atoms with van der Waals surface area (Å²) >= 11 is 1.69. The number of carbonyl (C=O) groups excluding carboxylic acids is 1. The van der Waals surface area contributed by atoms with Crippen LogP contribution in [0.5, 0.6) is 0 Å². The highest BCUT2D eigenvalue weighted by atomic mass is 32.1. The minimum Gasteiger partial charge on any atom is -0.459 e. The van der Waals surface area contributed by atoms with Crippen LogP contribution in [0.15, 0.2) is 65.7 Å². The van der Waals surface area contributed by atoms with Gasteiger partial charge in [-0.05, 0) is 40.6 Å². The molecule has 35 heavy (non-hydrogen) atoms. The predicted molar refractivity (Wildman–Crippen MR) is 134 cm³/mol. The minimum atomic E-state index is -0.590. The summed E-state index contributed by atoms with van der Waals surface area (Å²) in [6.45, 7) is 1.11. The van der Waals surface area contributed by atoms with E-state index in [9.17, 15) is 4.79 Å². The van der Waals surface area contributed by atoms with Crippen LogP contribution >= 0.6 is 11.3 Å². The number of aliphatic hydroxyl groups excluding tert-OH is 1. The number of H-pyrrole nitrogens is 1. The third kappa shape index (κ3) is 5.54. The number of hydrogen-bond acceptors (Lipinski definition) is 7. The fourth-order valence-electron chi connectivity index (χ4n) is 4.17. The molecule has 9 heteroatoms. The van der Waals surface area contributed by atoms with E-state index in [1.54, 1.807) is 11.3 Å². The maximum Gasteiger partial charge on any atom is 0.286 e. The zero-order valence-electron chi connectivity index (χ0n) is 19.1. The molecule has 0 unspecified atom stereocenters. The number of imidazole rings is 1. The molecule has 0 aliphatic carbocycles. The van der Waals surface area contributed by atoms with Gasteiger partial charge in [0, 0.05) is 17.0 Å². The van der Waals surface area contributed by atoms with Crippen LogP contribution in [0.2, 0.25) is 0 Å². The molecule has 0 saturated heterocycles. The number of fused-ring (bicyclic) bond motifs is 2. The molecule has 1 amide bonds. The monoisotopic (exact) mass is 493 g/mol. The molecule has 5 rings (SSSR count). The van der Waals surface area contributed by atoms with Gasteiger partial charge in [-0.3, -0.25) is 4.79 Å². The topological polar surface area (TPSA) is 106 Å².